The quantitative estimate of drug-likeness (QED) is 0.260. The van der Waals surface area contributed by atoms with E-state index in [1.165, 1.54) is 4.57 Å². The number of fused-ring (bicyclic) bond motifs is 1. The predicted octanol–water partition coefficient (Wildman–Crippen LogP) is 4.93. The fourth-order valence-corrected chi connectivity index (χ4v) is 5.43. The summed E-state index contributed by atoms with van der Waals surface area (Å²) in [5.74, 6) is 1.13. The van der Waals surface area contributed by atoms with Crippen LogP contribution in [0.25, 0.3) is 33.5 Å². The lowest BCUT2D eigenvalue weighted by Crippen LogP contribution is -2.57. The Bertz CT molecular complexity index is 1620. The Labute approximate surface area is 256 Å². The minimum Gasteiger partial charge on any atom is -0.491 e. The van der Waals surface area contributed by atoms with E-state index in [1.807, 2.05) is 68.1 Å². The second-order valence-corrected chi connectivity index (χ2v) is 12.1. The lowest BCUT2D eigenvalue weighted by Gasteiger charge is -2.42. The normalized spacial score (nSPS) is 16.2. The molecule has 11 nitrogen and oxygen atoms in total. The van der Waals surface area contributed by atoms with Crippen LogP contribution in [0.3, 0.4) is 0 Å². The maximum absolute atomic E-state index is 13.2. The first-order valence-electron chi connectivity index (χ1n) is 14.9. The fraction of sp³-hybridized carbons (Fsp3) is 0.424. The second-order valence-electron chi connectivity index (χ2n) is 12.1. The summed E-state index contributed by atoms with van der Waals surface area (Å²) in [6, 6.07) is 15.3. The molecular weight excluding hydrogens is 564 g/mol. The van der Waals surface area contributed by atoms with Crippen LogP contribution in [-0.4, -0.2) is 103 Å². The second kappa shape index (κ2) is 12.4. The minimum atomic E-state index is -0.673. The van der Waals surface area contributed by atoms with E-state index in [2.05, 4.69) is 10.1 Å². The molecule has 2 saturated heterocycles. The van der Waals surface area contributed by atoms with Gasteiger partial charge in [-0.2, -0.15) is 0 Å². The molecule has 2 aromatic carbocycles. The van der Waals surface area contributed by atoms with Crippen LogP contribution in [0.4, 0.5) is 4.79 Å². The van der Waals surface area contributed by atoms with Gasteiger partial charge in [-0.15, -0.1) is 0 Å². The summed E-state index contributed by atoms with van der Waals surface area (Å²) in [5.41, 5.74) is 2.71. The third kappa shape index (κ3) is 6.35. The molecule has 0 saturated carbocycles. The SMILES string of the molecule is COCCOc1ccc2c(-c3cc(-c4ccc(C(=O)N5CCN(C6COC6)CC5)cc4)no3)cn(C(=O)OC(C)(C)C)c2c1. The number of benzene rings is 2. The molecule has 2 aromatic heterocycles. The Morgan fingerprint density at radius 1 is 0.977 bits per heavy atom. The largest absolute Gasteiger partial charge is 0.491 e. The van der Waals surface area contributed by atoms with E-state index in [0.29, 0.717) is 66.2 Å². The van der Waals surface area contributed by atoms with Crippen LogP contribution in [0, 0.1) is 0 Å². The maximum Gasteiger partial charge on any atom is 0.419 e. The van der Waals surface area contributed by atoms with Gasteiger partial charge in [0.1, 0.15) is 23.7 Å². The number of rotatable bonds is 8. The molecule has 232 valence electrons. The molecule has 2 aliphatic heterocycles. The van der Waals surface area contributed by atoms with Gasteiger partial charge in [-0.1, -0.05) is 17.3 Å². The lowest BCUT2D eigenvalue weighted by atomic mass is 10.1. The van der Waals surface area contributed by atoms with Crippen molar-refractivity contribution in [1.29, 1.82) is 0 Å². The van der Waals surface area contributed by atoms with Crippen LogP contribution < -0.4 is 4.74 Å². The summed E-state index contributed by atoms with van der Waals surface area (Å²) >= 11 is 0. The number of carbonyl (C=O) groups excluding carboxylic acids is 2. The zero-order valence-corrected chi connectivity index (χ0v) is 25.6. The third-order valence-corrected chi connectivity index (χ3v) is 7.87. The van der Waals surface area contributed by atoms with E-state index in [0.717, 1.165) is 37.3 Å². The Hall–Kier alpha value is -4.19. The van der Waals surface area contributed by atoms with Gasteiger partial charge in [-0.25, -0.2) is 4.79 Å². The van der Waals surface area contributed by atoms with Gasteiger partial charge in [0.2, 0.25) is 0 Å². The zero-order chi connectivity index (χ0) is 30.8. The number of carbonyl (C=O) groups is 2. The average molecular weight is 603 g/mol. The number of methoxy groups -OCH3 is 1. The Morgan fingerprint density at radius 2 is 1.73 bits per heavy atom. The highest BCUT2D eigenvalue weighted by Gasteiger charge is 2.30. The zero-order valence-electron chi connectivity index (χ0n) is 25.6. The van der Waals surface area contributed by atoms with Crippen molar-refractivity contribution in [2.75, 3.05) is 59.7 Å². The molecule has 11 heteroatoms. The van der Waals surface area contributed by atoms with Crippen molar-refractivity contribution in [1.82, 2.24) is 19.5 Å². The molecule has 0 unspecified atom stereocenters. The fourth-order valence-electron chi connectivity index (χ4n) is 5.43. The summed E-state index contributed by atoms with van der Waals surface area (Å²) in [6.45, 7) is 11.0. The van der Waals surface area contributed by atoms with Gasteiger partial charge in [0, 0.05) is 73.7 Å². The van der Waals surface area contributed by atoms with Crippen LogP contribution in [-0.2, 0) is 14.2 Å². The number of piperazine rings is 1. The Kier molecular flexibility index (Phi) is 8.44. The Morgan fingerprint density at radius 3 is 2.39 bits per heavy atom. The molecule has 1 amide bonds. The number of hydrogen-bond donors (Lipinski definition) is 0. The van der Waals surface area contributed by atoms with Crippen molar-refractivity contribution < 1.29 is 33.1 Å². The molecule has 6 rings (SSSR count). The molecule has 2 aliphatic rings. The first-order chi connectivity index (χ1) is 21.2. The molecule has 0 N–H and O–H groups in total. The van der Waals surface area contributed by atoms with Crippen LogP contribution in [0.2, 0.25) is 0 Å². The van der Waals surface area contributed by atoms with Crippen LogP contribution in [0.15, 0.2) is 59.3 Å². The van der Waals surface area contributed by atoms with E-state index in [4.69, 9.17) is 23.5 Å². The van der Waals surface area contributed by atoms with Crippen LogP contribution >= 0.6 is 0 Å². The van der Waals surface area contributed by atoms with Crippen molar-refractivity contribution >= 4 is 22.9 Å². The topological polar surface area (TPSA) is 109 Å². The van der Waals surface area contributed by atoms with E-state index >= 15 is 0 Å². The van der Waals surface area contributed by atoms with Crippen molar-refractivity contribution in [3.8, 4) is 28.3 Å². The molecule has 4 heterocycles. The van der Waals surface area contributed by atoms with E-state index in [1.54, 1.807) is 19.4 Å². The van der Waals surface area contributed by atoms with Crippen molar-refractivity contribution in [2.24, 2.45) is 0 Å². The molecule has 0 aliphatic carbocycles. The van der Waals surface area contributed by atoms with Gasteiger partial charge in [0.05, 0.1) is 31.4 Å². The molecule has 2 fully saturated rings. The highest BCUT2D eigenvalue weighted by atomic mass is 16.6. The smallest absolute Gasteiger partial charge is 0.419 e. The molecular formula is C33H38N4O7. The van der Waals surface area contributed by atoms with E-state index in [9.17, 15) is 9.59 Å². The highest BCUT2D eigenvalue weighted by Crippen LogP contribution is 2.35. The molecule has 0 bridgehead atoms. The minimum absolute atomic E-state index is 0.0300. The highest BCUT2D eigenvalue weighted by molar-refractivity contribution is 6.00. The van der Waals surface area contributed by atoms with Gasteiger partial charge in [0.25, 0.3) is 5.91 Å². The Balaban J connectivity index is 1.21. The monoisotopic (exact) mass is 602 g/mol. The summed E-state index contributed by atoms with van der Waals surface area (Å²) in [6.07, 6.45) is 1.18. The lowest BCUT2D eigenvalue weighted by molar-refractivity contribution is -0.0746. The number of aromatic nitrogens is 2. The van der Waals surface area contributed by atoms with E-state index in [-0.39, 0.29) is 5.91 Å². The van der Waals surface area contributed by atoms with Gasteiger partial charge >= 0.3 is 6.09 Å². The number of ether oxygens (including phenoxy) is 4. The molecule has 0 atom stereocenters. The maximum atomic E-state index is 13.2. The molecule has 0 radical (unpaired) electrons. The average Bonchev–Trinajstić information content (AvgIpc) is 3.61. The number of amides is 1. The molecule has 44 heavy (non-hydrogen) atoms. The summed E-state index contributed by atoms with van der Waals surface area (Å²) in [5, 5.41) is 5.08. The molecule has 0 spiro atoms. The van der Waals surface area contributed by atoms with Crippen molar-refractivity contribution in [3.63, 3.8) is 0 Å². The van der Waals surface area contributed by atoms with Crippen LogP contribution in [0.1, 0.15) is 31.1 Å². The van der Waals surface area contributed by atoms with Gasteiger partial charge in [0.15, 0.2) is 5.76 Å². The summed E-state index contributed by atoms with van der Waals surface area (Å²) in [4.78, 5) is 30.6. The summed E-state index contributed by atoms with van der Waals surface area (Å²) in [7, 11) is 1.61. The predicted molar refractivity (Wildman–Crippen MR) is 164 cm³/mol. The third-order valence-electron chi connectivity index (χ3n) is 7.87. The number of hydrogen-bond acceptors (Lipinski definition) is 9. The molecule has 4 aromatic rings. The summed E-state index contributed by atoms with van der Waals surface area (Å²) < 4.78 is 29.1. The first kappa shape index (κ1) is 29.9. The number of nitrogens with zero attached hydrogens (tertiary/aromatic N) is 4. The van der Waals surface area contributed by atoms with Gasteiger partial charge in [-0.3, -0.25) is 14.3 Å². The van der Waals surface area contributed by atoms with Crippen LogP contribution in [0.5, 0.6) is 5.75 Å². The van der Waals surface area contributed by atoms with Gasteiger partial charge in [-0.05, 0) is 45.0 Å². The van der Waals surface area contributed by atoms with Crippen molar-refractivity contribution in [2.45, 2.75) is 32.4 Å². The standard InChI is InChI=1S/C33H38N4O7/c1-33(2,3)43-32(39)37-19-27(26-10-9-25(17-29(26)37)42-16-15-40-4)30-18-28(34-44-30)22-5-7-23(8-6-22)31(38)36-13-11-35(12-14-36)24-20-41-21-24/h5-10,17-19,24H,11-16,20-21H2,1-4H3. The van der Waals surface area contributed by atoms with Gasteiger partial charge < -0.3 is 28.4 Å². The van der Waals surface area contributed by atoms with E-state index < -0.39 is 11.7 Å². The van der Waals surface area contributed by atoms with Crippen molar-refractivity contribution in [3.05, 3.63) is 60.3 Å². The first-order valence-corrected chi connectivity index (χ1v) is 14.9.